The molecule has 4 saturated carbocycles. The number of nitrogens with one attached hydrogen (secondary N) is 2. The Labute approximate surface area is 221 Å². The van der Waals surface area contributed by atoms with Gasteiger partial charge in [0.25, 0.3) is 0 Å². The fraction of sp³-hybridized carbons (Fsp3) is 0.906. The van der Waals surface area contributed by atoms with Gasteiger partial charge in [-0.1, -0.05) is 65.5 Å². The minimum atomic E-state index is -0.244. The van der Waals surface area contributed by atoms with Crippen LogP contribution in [0.3, 0.4) is 0 Å². The lowest BCUT2D eigenvalue weighted by atomic mass is 9.50. The SMILES string of the molecule is CNCCNC(=O)O[C@@H]1CC[C@@]23C(=CCC4C5CCC(C(C)CCCC(C)C)[C@@]5(C)CCC42C3C)C1. The number of hydrogen-bond acceptors (Lipinski definition) is 3. The van der Waals surface area contributed by atoms with Crippen molar-refractivity contribution in [3.63, 3.8) is 0 Å². The maximum absolute atomic E-state index is 12.3. The van der Waals surface area contributed by atoms with E-state index in [1.165, 1.54) is 57.8 Å². The van der Waals surface area contributed by atoms with Gasteiger partial charge in [0.1, 0.15) is 6.10 Å². The smallest absolute Gasteiger partial charge is 0.407 e. The Hall–Kier alpha value is -1.03. The summed E-state index contributed by atoms with van der Waals surface area (Å²) in [5.41, 5.74) is 3.16. The van der Waals surface area contributed by atoms with E-state index in [2.05, 4.69) is 51.3 Å². The van der Waals surface area contributed by atoms with Crippen LogP contribution in [0.25, 0.3) is 0 Å². The summed E-state index contributed by atoms with van der Waals surface area (Å²) >= 11 is 0. The monoisotopic (exact) mass is 498 g/mol. The normalized spacial score (nSPS) is 43.5. The first-order valence-electron chi connectivity index (χ1n) is 15.5. The van der Waals surface area contributed by atoms with E-state index in [1.54, 1.807) is 5.57 Å². The zero-order valence-electron chi connectivity index (χ0n) is 24.1. The molecule has 2 N–H and O–H groups in total. The second kappa shape index (κ2) is 9.93. The molecule has 4 heteroatoms. The number of alkyl carbamates (subject to hydrolysis) is 1. The van der Waals surface area contributed by atoms with Gasteiger partial charge in [0, 0.05) is 24.9 Å². The number of allylic oxidation sites excluding steroid dienone is 1. The van der Waals surface area contributed by atoms with Gasteiger partial charge in [-0.25, -0.2) is 4.79 Å². The molecular weight excluding hydrogens is 444 g/mol. The van der Waals surface area contributed by atoms with Gasteiger partial charge in [0.05, 0.1) is 0 Å². The number of fused-ring (bicyclic) bond motifs is 2. The number of likely N-dealkylation sites (N-methyl/N-ethyl adjacent to an activating group) is 1. The Balaban J connectivity index is 1.27. The molecule has 4 fully saturated rings. The first-order valence-corrected chi connectivity index (χ1v) is 15.5. The van der Waals surface area contributed by atoms with Crippen LogP contribution >= 0.6 is 0 Å². The summed E-state index contributed by atoms with van der Waals surface area (Å²) in [5.74, 6) is 5.23. The highest BCUT2D eigenvalue weighted by Crippen LogP contribution is 2.87. The van der Waals surface area contributed by atoms with Crippen molar-refractivity contribution in [2.45, 2.75) is 111 Å². The van der Waals surface area contributed by atoms with Crippen molar-refractivity contribution in [1.29, 1.82) is 0 Å². The van der Waals surface area contributed by atoms with Crippen LogP contribution in [-0.2, 0) is 4.74 Å². The van der Waals surface area contributed by atoms with Crippen LogP contribution in [0.1, 0.15) is 105 Å². The summed E-state index contributed by atoms with van der Waals surface area (Å²) in [6.45, 7) is 14.0. The first-order chi connectivity index (χ1) is 17.2. The van der Waals surface area contributed by atoms with E-state index in [1.807, 2.05) is 7.05 Å². The molecule has 204 valence electrons. The van der Waals surface area contributed by atoms with E-state index < -0.39 is 0 Å². The number of hydrogen-bond donors (Lipinski definition) is 2. The third-order valence-corrected chi connectivity index (χ3v) is 12.5. The maximum Gasteiger partial charge on any atom is 0.407 e. The standard InChI is InChI=1S/C32H54N2O2/c1-21(2)8-7-9-22(3)26-12-13-27-28-11-10-24-20-25(36-29(35)34-19-18-33-6)14-15-31(24)23(4)32(28,31)17-16-30(26,27)5/h10,21-23,25-28,33H,7-9,11-20H2,1-6H3,(H,34,35)/t22?,23?,25-,26?,27?,28?,30-,31-,32?/m1/s1. The highest BCUT2D eigenvalue weighted by molar-refractivity contribution is 5.67. The van der Waals surface area contributed by atoms with Gasteiger partial charge in [-0.15, -0.1) is 0 Å². The zero-order valence-corrected chi connectivity index (χ0v) is 24.1. The lowest BCUT2D eigenvalue weighted by Crippen LogP contribution is -2.47. The fourth-order valence-corrected chi connectivity index (χ4v) is 10.9. The highest BCUT2D eigenvalue weighted by Gasteiger charge is 2.81. The second-order valence-electron chi connectivity index (χ2n) is 14.2. The molecular formula is C32H54N2O2. The van der Waals surface area contributed by atoms with Gasteiger partial charge in [0.2, 0.25) is 0 Å². The van der Waals surface area contributed by atoms with Crippen molar-refractivity contribution in [2.75, 3.05) is 20.1 Å². The predicted octanol–water partition coefficient (Wildman–Crippen LogP) is 7.34. The molecule has 0 aliphatic heterocycles. The van der Waals surface area contributed by atoms with Crippen molar-refractivity contribution in [3.8, 4) is 0 Å². The largest absolute Gasteiger partial charge is 0.446 e. The van der Waals surface area contributed by atoms with Crippen LogP contribution in [0.15, 0.2) is 11.6 Å². The molecule has 0 heterocycles. The maximum atomic E-state index is 12.3. The molecule has 5 rings (SSSR count). The molecule has 6 unspecified atom stereocenters. The Morgan fingerprint density at radius 2 is 1.89 bits per heavy atom. The quantitative estimate of drug-likeness (QED) is 0.258. The molecule has 0 aromatic carbocycles. The van der Waals surface area contributed by atoms with Gasteiger partial charge in [-0.05, 0) is 98.3 Å². The van der Waals surface area contributed by atoms with E-state index >= 15 is 0 Å². The molecule has 0 aromatic rings. The van der Waals surface area contributed by atoms with Crippen LogP contribution in [0.4, 0.5) is 4.79 Å². The molecule has 9 atom stereocenters. The Morgan fingerprint density at radius 1 is 1.08 bits per heavy atom. The van der Waals surface area contributed by atoms with Crippen molar-refractivity contribution >= 4 is 6.09 Å². The van der Waals surface area contributed by atoms with E-state index in [0.29, 0.717) is 22.8 Å². The molecule has 1 amide bonds. The number of amides is 1. The van der Waals surface area contributed by atoms with Crippen LogP contribution < -0.4 is 10.6 Å². The lowest BCUT2D eigenvalue weighted by molar-refractivity contribution is -0.0383. The van der Waals surface area contributed by atoms with Crippen molar-refractivity contribution < 1.29 is 9.53 Å². The van der Waals surface area contributed by atoms with Gasteiger partial charge in [-0.2, -0.15) is 0 Å². The number of carbonyl (C=O) groups excluding carboxylic acids is 1. The molecule has 0 radical (unpaired) electrons. The predicted molar refractivity (Wildman–Crippen MR) is 148 cm³/mol. The van der Waals surface area contributed by atoms with Gasteiger partial charge in [-0.3, -0.25) is 0 Å². The Bertz CT molecular complexity index is 853. The molecule has 2 spiro atoms. The molecule has 4 nitrogen and oxygen atoms in total. The minimum absolute atomic E-state index is 0.0502. The van der Waals surface area contributed by atoms with E-state index in [4.69, 9.17) is 4.74 Å². The summed E-state index contributed by atoms with van der Waals surface area (Å²) in [7, 11) is 1.90. The summed E-state index contributed by atoms with van der Waals surface area (Å²) in [6, 6.07) is 0. The molecule has 0 aromatic heterocycles. The van der Waals surface area contributed by atoms with E-state index in [-0.39, 0.29) is 12.2 Å². The lowest BCUT2D eigenvalue weighted by Gasteiger charge is -2.54. The Kier molecular flexibility index (Phi) is 7.33. The number of rotatable bonds is 9. The first kappa shape index (κ1) is 26.6. The number of ether oxygens (including phenoxy) is 1. The summed E-state index contributed by atoms with van der Waals surface area (Å²) in [5, 5.41) is 5.96. The Morgan fingerprint density at radius 3 is 2.64 bits per heavy atom. The van der Waals surface area contributed by atoms with Crippen LogP contribution in [0.2, 0.25) is 0 Å². The van der Waals surface area contributed by atoms with Crippen molar-refractivity contribution in [3.05, 3.63) is 11.6 Å². The third-order valence-electron chi connectivity index (χ3n) is 12.5. The van der Waals surface area contributed by atoms with Gasteiger partial charge >= 0.3 is 6.09 Å². The molecule has 5 aliphatic carbocycles. The topological polar surface area (TPSA) is 50.4 Å². The number of carbonyl (C=O) groups is 1. The van der Waals surface area contributed by atoms with Gasteiger partial charge in [0.15, 0.2) is 0 Å². The van der Waals surface area contributed by atoms with E-state index in [0.717, 1.165) is 54.9 Å². The molecule has 0 saturated heterocycles. The average molecular weight is 499 g/mol. The minimum Gasteiger partial charge on any atom is -0.446 e. The van der Waals surface area contributed by atoms with E-state index in [9.17, 15) is 4.79 Å². The molecule has 36 heavy (non-hydrogen) atoms. The summed E-state index contributed by atoms with van der Waals surface area (Å²) in [6.07, 6.45) is 17.0. The van der Waals surface area contributed by atoms with Crippen molar-refractivity contribution in [1.82, 2.24) is 10.6 Å². The second-order valence-corrected chi connectivity index (χ2v) is 14.2. The highest BCUT2D eigenvalue weighted by atomic mass is 16.6. The molecule has 5 aliphatic rings. The summed E-state index contributed by atoms with van der Waals surface area (Å²) in [4.78, 5) is 12.3. The van der Waals surface area contributed by atoms with Crippen LogP contribution in [0.5, 0.6) is 0 Å². The fourth-order valence-electron chi connectivity index (χ4n) is 10.9. The van der Waals surface area contributed by atoms with Crippen molar-refractivity contribution in [2.24, 2.45) is 51.8 Å². The van der Waals surface area contributed by atoms with Crippen LogP contribution in [0, 0.1) is 51.8 Å². The van der Waals surface area contributed by atoms with Gasteiger partial charge < -0.3 is 15.4 Å². The third kappa shape index (κ3) is 3.98. The zero-order chi connectivity index (χ0) is 25.7. The van der Waals surface area contributed by atoms with Crippen LogP contribution in [-0.4, -0.2) is 32.3 Å². The summed E-state index contributed by atoms with van der Waals surface area (Å²) < 4.78 is 5.87. The molecule has 0 bridgehead atoms. The average Bonchev–Trinajstić information content (AvgIpc) is 3.16.